The van der Waals surface area contributed by atoms with Crippen LogP contribution in [0, 0.1) is 0 Å². The monoisotopic (exact) mass is 359 g/mol. The van der Waals surface area contributed by atoms with Crippen LogP contribution in [0.2, 0.25) is 10.0 Å². The number of sulfonamides is 1. The summed E-state index contributed by atoms with van der Waals surface area (Å²) in [6.45, 7) is 2.03. The van der Waals surface area contributed by atoms with E-state index in [1.165, 1.54) is 19.2 Å². The molecule has 0 aromatic heterocycles. The number of benzene rings is 2. The van der Waals surface area contributed by atoms with E-state index < -0.39 is 10.0 Å². The van der Waals surface area contributed by atoms with Crippen molar-refractivity contribution in [1.29, 1.82) is 0 Å². The van der Waals surface area contributed by atoms with E-state index in [0.717, 1.165) is 12.0 Å². The van der Waals surface area contributed by atoms with Crippen molar-refractivity contribution < 1.29 is 13.2 Å². The average molecular weight is 360 g/mol. The van der Waals surface area contributed by atoms with Gasteiger partial charge in [0.2, 0.25) is 0 Å². The van der Waals surface area contributed by atoms with Crippen LogP contribution in [-0.2, 0) is 16.4 Å². The standard InChI is InChI=1S/C15H15Cl2NO3S/c1-3-10-4-6-11(7-5-10)18-22(19,20)13-9-8-12(21-2)14(16)15(13)17/h4-9,18H,3H2,1-2H3. The third-order valence-electron chi connectivity index (χ3n) is 3.14. The van der Waals surface area contributed by atoms with Gasteiger partial charge in [0.25, 0.3) is 10.0 Å². The topological polar surface area (TPSA) is 55.4 Å². The van der Waals surface area contributed by atoms with Gasteiger partial charge in [-0.1, -0.05) is 42.3 Å². The highest BCUT2D eigenvalue weighted by atomic mass is 35.5. The van der Waals surface area contributed by atoms with Gasteiger partial charge in [-0.15, -0.1) is 0 Å². The molecule has 1 N–H and O–H groups in total. The van der Waals surface area contributed by atoms with Gasteiger partial charge >= 0.3 is 0 Å². The zero-order chi connectivity index (χ0) is 16.3. The zero-order valence-electron chi connectivity index (χ0n) is 12.1. The first-order chi connectivity index (χ1) is 10.4. The van der Waals surface area contributed by atoms with Gasteiger partial charge < -0.3 is 4.74 Å². The third-order valence-corrected chi connectivity index (χ3v) is 5.54. The molecule has 0 aliphatic heterocycles. The molecule has 0 radical (unpaired) electrons. The van der Waals surface area contributed by atoms with E-state index in [1.807, 2.05) is 19.1 Å². The Bertz CT molecular complexity index is 774. The predicted molar refractivity (Wildman–Crippen MR) is 89.6 cm³/mol. The van der Waals surface area contributed by atoms with Crippen molar-refractivity contribution in [3.05, 3.63) is 52.0 Å². The molecular formula is C15H15Cl2NO3S. The van der Waals surface area contributed by atoms with E-state index in [1.54, 1.807) is 12.1 Å². The van der Waals surface area contributed by atoms with Gasteiger partial charge in [-0.05, 0) is 36.2 Å². The minimum atomic E-state index is -3.83. The van der Waals surface area contributed by atoms with Gasteiger partial charge in [-0.25, -0.2) is 8.42 Å². The Morgan fingerprint density at radius 1 is 1.05 bits per heavy atom. The summed E-state index contributed by atoms with van der Waals surface area (Å²) in [6.07, 6.45) is 0.882. The molecule has 0 heterocycles. The maximum absolute atomic E-state index is 12.4. The second-order valence-electron chi connectivity index (χ2n) is 4.55. The van der Waals surface area contributed by atoms with Crippen LogP contribution in [0.5, 0.6) is 5.75 Å². The van der Waals surface area contributed by atoms with E-state index in [9.17, 15) is 8.42 Å². The molecule has 0 amide bonds. The van der Waals surface area contributed by atoms with Crippen molar-refractivity contribution in [1.82, 2.24) is 0 Å². The maximum atomic E-state index is 12.4. The van der Waals surface area contributed by atoms with E-state index >= 15 is 0 Å². The van der Waals surface area contributed by atoms with Crippen molar-refractivity contribution in [2.45, 2.75) is 18.2 Å². The number of anilines is 1. The summed E-state index contributed by atoms with van der Waals surface area (Å²) in [5.41, 5.74) is 1.58. The Hall–Kier alpha value is -1.43. The molecule has 4 nitrogen and oxygen atoms in total. The molecule has 2 aromatic carbocycles. The van der Waals surface area contributed by atoms with E-state index in [2.05, 4.69) is 4.72 Å². The number of halogens is 2. The average Bonchev–Trinajstić information content (AvgIpc) is 2.50. The lowest BCUT2D eigenvalue weighted by molar-refractivity contribution is 0.414. The van der Waals surface area contributed by atoms with Crippen LogP contribution in [0.25, 0.3) is 0 Å². The number of aryl methyl sites for hydroxylation is 1. The SMILES string of the molecule is CCc1ccc(NS(=O)(=O)c2ccc(OC)c(Cl)c2Cl)cc1. The first-order valence-electron chi connectivity index (χ1n) is 6.52. The summed E-state index contributed by atoms with van der Waals surface area (Å²) in [5.74, 6) is 0.318. The Kier molecular flexibility index (Phi) is 5.21. The van der Waals surface area contributed by atoms with Crippen LogP contribution in [0.4, 0.5) is 5.69 Å². The summed E-state index contributed by atoms with van der Waals surface area (Å²) in [4.78, 5) is -0.0977. The Balaban J connectivity index is 2.36. The minimum Gasteiger partial charge on any atom is -0.495 e. The highest BCUT2D eigenvalue weighted by molar-refractivity contribution is 7.92. The molecule has 0 aliphatic rings. The predicted octanol–water partition coefficient (Wildman–Crippen LogP) is 4.37. The summed E-state index contributed by atoms with van der Waals surface area (Å²) in [5, 5.41) is -0.00734. The summed E-state index contributed by atoms with van der Waals surface area (Å²) < 4.78 is 32.4. The Morgan fingerprint density at radius 3 is 2.23 bits per heavy atom. The van der Waals surface area contributed by atoms with E-state index in [4.69, 9.17) is 27.9 Å². The van der Waals surface area contributed by atoms with Crippen molar-refractivity contribution in [3.8, 4) is 5.75 Å². The van der Waals surface area contributed by atoms with Crippen LogP contribution in [-0.4, -0.2) is 15.5 Å². The summed E-state index contributed by atoms with van der Waals surface area (Å²) >= 11 is 12.0. The van der Waals surface area contributed by atoms with Gasteiger partial charge in [-0.3, -0.25) is 4.72 Å². The fourth-order valence-electron chi connectivity index (χ4n) is 1.90. The van der Waals surface area contributed by atoms with Gasteiger partial charge in [-0.2, -0.15) is 0 Å². The Morgan fingerprint density at radius 2 is 1.68 bits per heavy atom. The molecule has 2 aromatic rings. The highest BCUT2D eigenvalue weighted by Gasteiger charge is 2.22. The lowest BCUT2D eigenvalue weighted by atomic mass is 10.2. The molecular weight excluding hydrogens is 345 g/mol. The molecule has 118 valence electrons. The molecule has 0 bridgehead atoms. The fourth-order valence-corrected chi connectivity index (χ4v) is 3.80. The molecule has 22 heavy (non-hydrogen) atoms. The number of hydrogen-bond acceptors (Lipinski definition) is 3. The summed E-state index contributed by atoms with van der Waals surface area (Å²) in [7, 11) is -2.40. The quantitative estimate of drug-likeness (QED) is 0.862. The second-order valence-corrected chi connectivity index (χ2v) is 6.96. The molecule has 0 fully saturated rings. The normalized spacial score (nSPS) is 11.3. The minimum absolute atomic E-state index is 0.0633. The highest BCUT2D eigenvalue weighted by Crippen LogP contribution is 2.37. The van der Waals surface area contributed by atoms with Gasteiger partial charge in [0, 0.05) is 5.69 Å². The first kappa shape index (κ1) is 16.9. The number of ether oxygens (including phenoxy) is 1. The molecule has 0 unspecified atom stereocenters. The Labute approximate surface area is 140 Å². The lowest BCUT2D eigenvalue weighted by Gasteiger charge is -2.12. The van der Waals surface area contributed by atoms with E-state index in [-0.39, 0.29) is 14.9 Å². The van der Waals surface area contributed by atoms with Crippen LogP contribution in [0.15, 0.2) is 41.3 Å². The lowest BCUT2D eigenvalue weighted by Crippen LogP contribution is -2.13. The van der Waals surface area contributed by atoms with Gasteiger partial charge in [0.1, 0.15) is 15.7 Å². The smallest absolute Gasteiger partial charge is 0.263 e. The first-order valence-corrected chi connectivity index (χ1v) is 8.76. The van der Waals surface area contributed by atoms with Crippen LogP contribution in [0.1, 0.15) is 12.5 Å². The van der Waals surface area contributed by atoms with Crippen molar-refractivity contribution in [3.63, 3.8) is 0 Å². The van der Waals surface area contributed by atoms with Gasteiger partial charge in [0.05, 0.1) is 12.1 Å². The second kappa shape index (κ2) is 6.77. The fraction of sp³-hybridized carbons (Fsp3) is 0.200. The molecule has 0 saturated carbocycles. The number of rotatable bonds is 5. The molecule has 0 spiro atoms. The maximum Gasteiger partial charge on any atom is 0.263 e. The molecule has 0 aliphatic carbocycles. The molecule has 0 atom stereocenters. The number of hydrogen-bond donors (Lipinski definition) is 1. The van der Waals surface area contributed by atoms with Crippen molar-refractivity contribution >= 4 is 38.9 Å². The molecule has 2 rings (SSSR count). The zero-order valence-corrected chi connectivity index (χ0v) is 14.4. The van der Waals surface area contributed by atoms with Crippen molar-refractivity contribution in [2.24, 2.45) is 0 Å². The van der Waals surface area contributed by atoms with E-state index in [0.29, 0.717) is 11.4 Å². The van der Waals surface area contributed by atoms with Gasteiger partial charge in [0.15, 0.2) is 0 Å². The van der Waals surface area contributed by atoms with Crippen LogP contribution >= 0.6 is 23.2 Å². The third kappa shape index (κ3) is 3.48. The summed E-state index contributed by atoms with van der Waals surface area (Å²) in [6, 6.07) is 9.95. The van der Waals surface area contributed by atoms with Crippen LogP contribution < -0.4 is 9.46 Å². The molecule has 0 saturated heterocycles. The van der Waals surface area contributed by atoms with Crippen molar-refractivity contribution in [2.75, 3.05) is 11.8 Å². The largest absolute Gasteiger partial charge is 0.495 e. The molecule has 7 heteroatoms. The van der Waals surface area contributed by atoms with Crippen LogP contribution in [0.3, 0.4) is 0 Å². The number of methoxy groups -OCH3 is 1. The number of nitrogens with one attached hydrogen (secondary N) is 1.